The van der Waals surface area contributed by atoms with Gasteiger partial charge >= 0.3 is 17.9 Å². The summed E-state index contributed by atoms with van der Waals surface area (Å²) in [7, 11) is 0. The molecule has 0 N–H and O–H groups in total. The van der Waals surface area contributed by atoms with Gasteiger partial charge in [-0.2, -0.15) is 0 Å². The molecule has 0 rings (SSSR count). The van der Waals surface area contributed by atoms with Crippen LogP contribution in [0.25, 0.3) is 0 Å². The molecule has 0 bridgehead atoms. The Labute approximate surface area is 386 Å². The van der Waals surface area contributed by atoms with Crippen LogP contribution in [0.5, 0.6) is 0 Å². The van der Waals surface area contributed by atoms with Crippen LogP contribution in [-0.2, 0) is 28.6 Å². The van der Waals surface area contributed by atoms with Crippen LogP contribution in [0.3, 0.4) is 0 Å². The first-order chi connectivity index (χ1) is 30.5. The van der Waals surface area contributed by atoms with Crippen LogP contribution in [0.2, 0.25) is 0 Å². The predicted octanol–water partition coefficient (Wildman–Crippen LogP) is 18.2. The molecule has 0 saturated carbocycles. The summed E-state index contributed by atoms with van der Waals surface area (Å²) in [6, 6.07) is 0. The van der Waals surface area contributed by atoms with Crippen LogP contribution in [0, 0.1) is 0 Å². The third-order valence-corrected chi connectivity index (χ3v) is 12.5. The van der Waals surface area contributed by atoms with Crippen LogP contribution < -0.4 is 0 Å². The third-order valence-electron chi connectivity index (χ3n) is 12.5. The highest BCUT2D eigenvalue weighted by Crippen LogP contribution is 2.17. The quantitative estimate of drug-likeness (QED) is 0.0262. The molecule has 0 aliphatic rings. The number of allylic oxidation sites excluding steroid dienone is 2. The van der Waals surface area contributed by atoms with E-state index >= 15 is 0 Å². The van der Waals surface area contributed by atoms with Crippen molar-refractivity contribution in [2.75, 3.05) is 13.2 Å². The molecule has 62 heavy (non-hydrogen) atoms. The van der Waals surface area contributed by atoms with E-state index in [1.165, 1.54) is 205 Å². The minimum absolute atomic E-state index is 0.0661. The second-order valence-electron chi connectivity index (χ2n) is 18.9. The Morgan fingerprint density at radius 3 is 0.806 bits per heavy atom. The van der Waals surface area contributed by atoms with Gasteiger partial charge in [0.15, 0.2) is 6.10 Å². The average Bonchev–Trinajstić information content (AvgIpc) is 3.27. The Balaban J connectivity index is 4.04. The molecule has 0 aromatic heterocycles. The summed E-state index contributed by atoms with van der Waals surface area (Å²) in [6.45, 7) is 6.60. The van der Waals surface area contributed by atoms with E-state index in [2.05, 4.69) is 32.9 Å². The molecule has 1 atom stereocenters. The zero-order chi connectivity index (χ0) is 45.1. The normalized spacial score (nSPS) is 12.0. The molecule has 1 unspecified atom stereocenters. The molecule has 0 aromatic rings. The third kappa shape index (κ3) is 49.2. The van der Waals surface area contributed by atoms with Crippen molar-refractivity contribution in [1.29, 1.82) is 0 Å². The van der Waals surface area contributed by atoms with Gasteiger partial charge in [-0.15, -0.1) is 0 Å². The fraction of sp³-hybridized carbons (Fsp3) is 0.911. The number of carbonyl (C=O) groups is 3. The molecule has 0 fully saturated rings. The van der Waals surface area contributed by atoms with Crippen molar-refractivity contribution >= 4 is 17.9 Å². The van der Waals surface area contributed by atoms with Gasteiger partial charge in [0.05, 0.1) is 0 Å². The molecule has 0 spiro atoms. The van der Waals surface area contributed by atoms with Gasteiger partial charge in [-0.3, -0.25) is 14.4 Å². The van der Waals surface area contributed by atoms with Gasteiger partial charge in [-0.05, 0) is 44.9 Å². The van der Waals surface area contributed by atoms with Crippen molar-refractivity contribution < 1.29 is 28.6 Å². The molecule has 0 amide bonds. The van der Waals surface area contributed by atoms with Crippen LogP contribution in [-0.4, -0.2) is 37.2 Å². The first-order valence-corrected chi connectivity index (χ1v) is 27.7. The van der Waals surface area contributed by atoms with E-state index in [-0.39, 0.29) is 31.1 Å². The highest BCUT2D eigenvalue weighted by molar-refractivity contribution is 5.71. The monoisotopic (exact) mass is 875 g/mol. The lowest BCUT2D eigenvalue weighted by Gasteiger charge is -2.18. The van der Waals surface area contributed by atoms with E-state index in [9.17, 15) is 14.4 Å². The molecule has 6 nitrogen and oxygen atoms in total. The first kappa shape index (κ1) is 60.2. The van der Waals surface area contributed by atoms with E-state index in [1.54, 1.807) is 0 Å². The Hall–Kier alpha value is -1.85. The summed E-state index contributed by atoms with van der Waals surface area (Å²) in [5, 5.41) is 0. The van der Waals surface area contributed by atoms with E-state index in [0.717, 1.165) is 64.2 Å². The Bertz CT molecular complexity index is 962. The fourth-order valence-corrected chi connectivity index (χ4v) is 8.32. The van der Waals surface area contributed by atoms with Crippen LogP contribution in [0.15, 0.2) is 12.2 Å². The zero-order valence-electron chi connectivity index (χ0n) is 41.9. The highest BCUT2D eigenvalue weighted by atomic mass is 16.6. The Morgan fingerprint density at radius 1 is 0.306 bits per heavy atom. The van der Waals surface area contributed by atoms with E-state index in [4.69, 9.17) is 14.2 Å². The number of ether oxygens (including phenoxy) is 3. The van der Waals surface area contributed by atoms with Crippen molar-refractivity contribution in [1.82, 2.24) is 0 Å². The van der Waals surface area contributed by atoms with E-state index in [1.807, 2.05) is 0 Å². The molecule has 0 radical (unpaired) electrons. The summed E-state index contributed by atoms with van der Waals surface area (Å²) >= 11 is 0. The van der Waals surface area contributed by atoms with Gasteiger partial charge in [0, 0.05) is 19.3 Å². The smallest absolute Gasteiger partial charge is 0.306 e. The summed E-state index contributed by atoms with van der Waals surface area (Å²) in [6.07, 6.45) is 58.2. The molecular formula is C56H106O6. The van der Waals surface area contributed by atoms with Crippen molar-refractivity contribution in [3.8, 4) is 0 Å². The lowest BCUT2D eigenvalue weighted by Crippen LogP contribution is -2.30. The van der Waals surface area contributed by atoms with Crippen molar-refractivity contribution in [3.63, 3.8) is 0 Å². The van der Waals surface area contributed by atoms with Gasteiger partial charge < -0.3 is 14.2 Å². The van der Waals surface area contributed by atoms with Crippen LogP contribution >= 0.6 is 0 Å². The lowest BCUT2D eigenvalue weighted by molar-refractivity contribution is -0.167. The minimum atomic E-state index is -0.761. The van der Waals surface area contributed by atoms with Crippen LogP contribution in [0.1, 0.15) is 310 Å². The number of unbranched alkanes of at least 4 members (excludes halogenated alkanes) is 38. The number of rotatable bonds is 51. The standard InChI is InChI=1S/C56H106O6/c1-4-7-10-13-15-17-19-21-23-25-26-27-28-29-30-31-33-34-36-38-40-43-46-49-55(58)61-52-53(51-60-54(57)48-45-42-12-9-6-3)62-56(59)50-47-44-41-39-37-35-32-24-22-20-18-16-14-11-8-5-2/h25-26,53H,4-24,27-52H2,1-3H3/b26-25-. The summed E-state index contributed by atoms with van der Waals surface area (Å²) in [5.74, 6) is -0.862. The van der Waals surface area contributed by atoms with Gasteiger partial charge in [0.1, 0.15) is 13.2 Å². The van der Waals surface area contributed by atoms with Gasteiger partial charge in [-0.1, -0.05) is 258 Å². The number of esters is 3. The largest absolute Gasteiger partial charge is 0.462 e. The summed E-state index contributed by atoms with van der Waals surface area (Å²) in [5.41, 5.74) is 0. The van der Waals surface area contributed by atoms with Crippen LogP contribution in [0.4, 0.5) is 0 Å². The summed E-state index contributed by atoms with van der Waals surface area (Å²) < 4.78 is 16.7. The second-order valence-corrected chi connectivity index (χ2v) is 18.9. The highest BCUT2D eigenvalue weighted by Gasteiger charge is 2.19. The molecular weight excluding hydrogens is 769 g/mol. The maximum absolute atomic E-state index is 12.7. The Kier molecular flexibility index (Phi) is 50.2. The van der Waals surface area contributed by atoms with Crippen molar-refractivity contribution in [3.05, 3.63) is 12.2 Å². The molecule has 366 valence electrons. The van der Waals surface area contributed by atoms with E-state index < -0.39 is 6.10 Å². The molecule has 0 aliphatic heterocycles. The van der Waals surface area contributed by atoms with Crippen molar-refractivity contribution in [2.24, 2.45) is 0 Å². The maximum atomic E-state index is 12.7. The number of carbonyl (C=O) groups excluding carboxylic acids is 3. The Morgan fingerprint density at radius 2 is 0.532 bits per heavy atom. The zero-order valence-corrected chi connectivity index (χ0v) is 41.9. The predicted molar refractivity (Wildman–Crippen MR) is 266 cm³/mol. The molecule has 6 heteroatoms. The maximum Gasteiger partial charge on any atom is 0.306 e. The number of hydrogen-bond donors (Lipinski definition) is 0. The van der Waals surface area contributed by atoms with Crippen molar-refractivity contribution in [2.45, 2.75) is 316 Å². The lowest BCUT2D eigenvalue weighted by atomic mass is 10.0. The first-order valence-electron chi connectivity index (χ1n) is 27.7. The van der Waals surface area contributed by atoms with E-state index in [0.29, 0.717) is 19.3 Å². The minimum Gasteiger partial charge on any atom is -0.462 e. The fourth-order valence-electron chi connectivity index (χ4n) is 8.32. The second kappa shape index (κ2) is 51.8. The SMILES string of the molecule is CCCCCCCCCC/C=C\CCCCCCCCCCCCCC(=O)OCC(COC(=O)CCCCCCC)OC(=O)CCCCCCCCCCCCCCCCCC. The number of hydrogen-bond acceptors (Lipinski definition) is 6. The molecule has 0 heterocycles. The molecule has 0 saturated heterocycles. The average molecular weight is 875 g/mol. The van der Waals surface area contributed by atoms with Gasteiger partial charge in [0.2, 0.25) is 0 Å². The van der Waals surface area contributed by atoms with Gasteiger partial charge in [-0.25, -0.2) is 0 Å². The topological polar surface area (TPSA) is 78.9 Å². The summed E-state index contributed by atoms with van der Waals surface area (Å²) in [4.78, 5) is 37.7. The van der Waals surface area contributed by atoms with Gasteiger partial charge in [0.25, 0.3) is 0 Å². The molecule has 0 aliphatic carbocycles. The molecule has 0 aromatic carbocycles.